The van der Waals surface area contributed by atoms with Crippen LogP contribution < -0.4 is 10.6 Å². The molecule has 2 N–H and O–H groups in total. The monoisotopic (exact) mass is 488 g/mol. The Bertz CT molecular complexity index is 624. The highest BCUT2D eigenvalue weighted by atomic mass is 127. The lowest BCUT2D eigenvalue weighted by Gasteiger charge is -2.24. The number of hydrogen-bond acceptors (Lipinski definition) is 4. The van der Waals surface area contributed by atoms with Gasteiger partial charge >= 0.3 is 0 Å². The summed E-state index contributed by atoms with van der Waals surface area (Å²) in [5.74, 6) is 1.90. The van der Waals surface area contributed by atoms with Crippen molar-refractivity contribution in [1.29, 1.82) is 0 Å². The van der Waals surface area contributed by atoms with Crippen LogP contribution in [0.3, 0.4) is 0 Å². The summed E-state index contributed by atoms with van der Waals surface area (Å²) in [6.45, 7) is 6.82. The molecule has 1 atom stereocenters. The van der Waals surface area contributed by atoms with Gasteiger partial charge in [-0.3, -0.25) is 9.89 Å². The minimum atomic E-state index is 0. The molecule has 3 heterocycles. The first-order chi connectivity index (χ1) is 12.4. The number of likely N-dealkylation sites (tertiary alicyclic amines) is 1. The number of hydrogen-bond donors (Lipinski definition) is 2. The third-order valence-corrected chi connectivity index (χ3v) is 5.40. The summed E-state index contributed by atoms with van der Waals surface area (Å²) in [6.07, 6.45) is 5.31. The molecular weight excluding hydrogens is 459 g/mol. The van der Waals surface area contributed by atoms with E-state index in [-0.39, 0.29) is 30.0 Å². The van der Waals surface area contributed by atoms with Gasteiger partial charge in [-0.15, -0.1) is 35.3 Å². The maximum Gasteiger partial charge on any atom is 0.191 e. The summed E-state index contributed by atoms with van der Waals surface area (Å²) in [7, 11) is 0. The second-order valence-electron chi connectivity index (χ2n) is 6.25. The molecule has 7 heteroatoms. The van der Waals surface area contributed by atoms with Gasteiger partial charge in [-0.25, -0.2) is 0 Å². The largest absolute Gasteiger partial charge is 0.468 e. The van der Waals surface area contributed by atoms with Crippen molar-refractivity contribution >= 4 is 41.3 Å². The van der Waals surface area contributed by atoms with Gasteiger partial charge in [0.2, 0.25) is 0 Å². The number of aliphatic imine (C=N–C) groups is 1. The van der Waals surface area contributed by atoms with Crippen molar-refractivity contribution < 1.29 is 4.42 Å². The van der Waals surface area contributed by atoms with E-state index in [0.717, 1.165) is 44.3 Å². The molecule has 0 bridgehead atoms. The third-order valence-electron chi connectivity index (χ3n) is 4.46. The lowest BCUT2D eigenvalue weighted by Crippen LogP contribution is -2.39. The van der Waals surface area contributed by atoms with Crippen LogP contribution >= 0.6 is 35.3 Å². The lowest BCUT2D eigenvalue weighted by atomic mass is 10.2. The van der Waals surface area contributed by atoms with Gasteiger partial charge in [0, 0.05) is 18.0 Å². The maximum absolute atomic E-state index is 5.68. The van der Waals surface area contributed by atoms with Crippen LogP contribution in [-0.4, -0.2) is 43.6 Å². The van der Waals surface area contributed by atoms with Crippen molar-refractivity contribution in [3.8, 4) is 0 Å². The van der Waals surface area contributed by atoms with Crippen molar-refractivity contribution in [3.05, 3.63) is 46.5 Å². The molecule has 5 nitrogen and oxygen atoms in total. The van der Waals surface area contributed by atoms with E-state index < -0.39 is 0 Å². The number of halogens is 1. The first-order valence-electron chi connectivity index (χ1n) is 9.19. The number of nitrogens with one attached hydrogen (secondary N) is 2. The van der Waals surface area contributed by atoms with Gasteiger partial charge in [0.15, 0.2) is 5.96 Å². The first kappa shape index (κ1) is 21.2. The quantitative estimate of drug-likeness (QED) is 0.336. The smallest absolute Gasteiger partial charge is 0.191 e. The summed E-state index contributed by atoms with van der Waals surface area (Å²) in [6, 6.07) is 8.53. The number of nitrogens with zero attached hydrogens (tertiary/aromatic N) is 2. The summed E-state index contributed by atoms with van der Waals surface area (Å²) in [5.41, 5.74) is 0. The molecule has 1 saturated heterocycles. The molecule has 0 aromatic carbocycles. The highest BCUT2D eigenvalue weighted by Gasteiger charge is 2.25. The average molecular weight is 488 g/mol. The van der Waals surface area contributed by atoms with Crippen LogP contribution in [0.25, 0.3) is 0 Å². The minimum Gasteiger partial charge on any atom is -0.468 e. The molecule has 144 valence electrons. The number of thiophene rings is 1. The summed E-state index contributed by atoms with van der Waals surface area (Å²) >= 11 is 1.80. The fourth-order valence-electron chi connectivity index (χ4n) is 3.20. The van der Waals surface area contributed by atoms with Crippen molar-refractivity contribution in [3.63, 3.8) is 0 Å². The minimum absolute atomic E-state index is 0. The van der Waals surface area contributed by atoms with Crippen molar-refractivity contribution in [2.75, 3.05) is 32.7 Å². The number of furan rings is 1. The van der Waals surface area contributed by atoms with Gasteiger partial charge in [-0.05, 0) is 62.9 Å². The van der Waals surface area contributed by atoms with Crippen LogP contribution in [0.4, 0.5) is 0 Å². The zero-order valence-electron chi connectivity index (χ0n) is 15.3. The van der Waals surface area contributed by atoms with E-state index in [1.165, 1.54) is 17.7 Å². The van der Waals surface area contributed by atoms with Gasteiger partial charge < -0.3 is 15.1 Å². The molecule has 1 aliphatic heterocycles. The molecule has 0 spiro atoms. The Kier molecular flexibility index (Phi) is 9.49. The average Bonchev–Trinajstić information content (AvgIpc) is 3.38. The summed E-state index contributed by atoms with van der Waals surface area (Å²) < 4.78 is 5.68. The Morgan fingerprint density at radius 3 is 2.77 bits per heavy atom. The first-order valence-corrected chi connectivity index (χ1v) is 10.1. The molecule has 26 heavy (non-hydrogen) atoms. The molecule has 1 aliphatic rings. The fourth-order valence-corrected chi connectivity index (χ4v) is 3.91. The van der Waals surface area contributed by atoms with Gasteiger partial charge in [0.25, 0.3) is 0 Å². The molecule has 3 rings (SSSR count). The molecule has 0 saturated carbocycles. The second kappa shape index (κ2) is 11.6. The van der Waals surface area contributed by atoms with Crippen LogP contribution in [0.1, 0.15) is 36.4 Å². The number of rotatable bonds is 8. The molecule has 0 amide bonds. The Morgan fingerprint density at radius 1 is 1.27 bits per heavy atom. The molecule has 2 aromatic heterocycles. The van der Waals surface area contributed by atoms with E-state index in [0.29, 0.717) is 6.54 Å². The number of guanidine groups is 1. The Morgan fingerprint density at radius 2 is 2.12 bits per heavy atom. The standard InChI is InChI=1S/C19H28N4OS.HI/c1-2-20-19(21-10-9-16-7-6-14-25-16)22-15-17(18-8-5-13-24-18)23-11-3-4-12-23;/h5-8,13-14,17H,2-4,9-12,15H2,1H3,(H2,20,21,22);1H. The molecule has 1 fully saturated rings. The Labute approximate surface area is 177 Å². The Hall–Kier alpha value is -1.06. The lowest BCUT2D eigenvalue weighted by molar-refractivity contribution is 0.221. The maximum atomic E-state index is 5.68. The normalized spacial score (nSPS) is 16.3. The van der Waals surface area contributed by atoms with Crippen molar-refractivity contribution in [2.45, 2.75) is 32.2 Å². The molecule has 1 unspecified atom stereocenters. The topological polar surface area (TPSA) is 52.8 Å². The zero-order valence-corrected chi connectivity index (χ0v) is 18.5. The van der Waals surface area contributed by atoms with E-state index in [1.54, 1.807) is 17.6 Å². The Balaban J connectivity index is 0.00000243. The van der Waals surface area contributed by atoms with Gasteiger partial charge in [0.1, 0.15) is 5.76 Å². The summed E-state index contributed by atoms with van der Waals surface area (Å²) in [5, 5.41) is 8.92. The van der Waals surface area contributed by atoms with Crippen LogP contribution in [-0.2, 0) is 6.42 Å². The van der Waals surface area contributed by atoms with E-state index in [1.807, 2.05) is 6.07 Å². The second-order valence-corrected chi connectivity index (χ2v) is 7.28. The highest BCUT2D eigenvalue weighted by Crippen LogP contribution is 2.25. The fraction of sp³-hybridized carbons (Fsp3) is 0.526. The highest BCUT2D eigenvalue weighted by molar-refractivity contribution is 14.0. The molecule has 0 aliphatic carbocycles. The van der Waals surface area contributed by atoms with E-state index in [4.69, 9.17) is 9.41 Å². The predicted molar refractivity (Wildman–Crippen MR) is 120 cm³/mol. The summed E-state index contributed by atoms with van der Waals surface area (Å²) in [4.78, 5) is 8.71. The van der Waals surface area contributed by atoms with E-state index in [2.05, 4.69) is 46.0 Å². The SMILES string of the molecule is CCNC(=NCC(c1ccco1)N1CCCC1)NCCc1cccs1.I. The van der Waals surface area contributed by atoms with Crippen molar-refractivity contribution in [1.82, 2.24) is 15.5 Å². The van der Waals surface area contributed by atoms with Gasteiger partial charge in [-0.2, -0.15) is 0 Å². The van der Waals surface area contributed by atoms with Gasteiger partial charge in [-0.1, -0.05) is 6.07 Å². The van der Waals surface area contributed by atoms with Crippen molar-refractivity contribution in [2.24, 2.45) is 4.99 Å². The zero-order chi connectivity index (χ0) is 17.3. The molecular formula is C19H29IN4OS. The van der Waals surface area contributed by atoms with E-state index in [9.17, 15) is 0 Å². The van der Waals surface area contributed by atoms with Crippen LogP contribution in [0.5, 0.6) is 0 Å². The predicted octanol–water partition coefficient (Wildman–Crippen LogP) is 3.89. The molecule has 2 aromatic rings. The van der Waals surface area contributed by atoms with Crippen LogP contribution in [0.15, 0.2) is 45.3 Å². The molecule has 0 radical (unpaired) electrons. The van der Waals surface area contributed by atoms with Crippen LogP contribution in [0, 0.1) is 0 Å². The van der Waals surface area contributed by atoms with Gasteiger partial charge in [0.05, 0.1) is 18.8 Å². The van der Waals surface area contributed by atoms with E-state index >= 15 is 0 Å². The van der Waals surface area contributed by atoms with Crippen LogP contribution in [0.2, 0.25) is 0 Å². The third kappa shape index (κ3) is 6.28.